The van der Waals surface area contributed by atoms with Crippen molar-refractivity contribution >= 4 is 0 Å². The van der Waals surface area contributed by atoms with E-state index in [1.165, 1.54) is 0 Å². The number of aliphatic hydroxyl groups is 1. The van der Waals surface area contributed by atoms with Crippen molar-refractivity contribution in [1.82, 2.24) is 24.6 Å². The zero-order chi connectivity index (χ0) is 18.4. The smallest absolute Gasteiger partial charge is 0.123 e. The van der Waals surface area contributed by atoms with Gasteiger partial charge in [0.2, 0.25) is 0 Å². The molecule has 0 aliphatic rings. The Morgan fingerprint density at radius 1 is 1.31 bits per heavy atom. The number of H-pyrrole nitrogens is 1. The standard InChI is InChI=1S/C19H25N5O2/c1-15-20-11-18(22-15)14-23(8-9-25)12-16-4-5-19(26-2)17(10-16)13-24-7-3-6-21-24/h3-7,10-11,25H,8-9,12-14H2,1-2H3,(H,20,22). The topological polar surface area (TPSA) is 79.2 Å². The minimum atomic E-state index is 0.115. The molecule has 0 radical (unpaired) electrons. The summed E-state index contributed by atoms with van der Waals surface area (Å²) in [7, 11) is 1.68. The number of aromatic nitrogens is 4. The second-order valence-electron chi connectivity index (χ2n) is 6.28. The maximum atomic E-state index is 9.41. The van der Waals surface area contributed by atoms with Gasteiger partial charge in [-0.3, -0.25) is 9.58 Å². The van der Waals surface area contributed by atoms with E-state index in [1.807, 2.05) is 36.1 Å². The van der Waals surface area contributed by atoms with Gasteiger partial charge in [0.25, 0.3) is 0 Å². The quantitative estimate of drug-likeness (QED) is 0.613. The van der Waals surface area contributed by atoms with Crippen LogP contribution in [0.1, 0.15) is 22.6 Å². The van der Waals surface area contributed by atoms with Crippen LogP contribution in [0.3, 0.4) is 0 Å². The summed E-state index contributed by atoms with van der Waals surface area (Å²) in [6.07, 6.45) is 5.55. The number of nitrogens with zero attached hydrogens (tertiary/aromatic N) is 4. The Kier molecular flexibility index (Phi) is 6.04. The van der Waals surface area contributed by atoms with Gasteiger partial charge >= 0.3 is 0 Å². The molecule has 0 atom stereocenters. The van der Waals surface area contributed by atoms with Gasteiger partial charge in [0.05, 0.1) is 20.3 Å². The van der Waals surface area contributed by atoms with Crippen molar-refractivity contribution in [1.29, 1.82) is 0 Å². The molecule has 7 nitrogen and oxygen atoms in total. The molecule has 0 spiro atoms. The maximum absolute atomic E-state index is 9.41. The Balaban J connectivity index is 1.75. The van der Waals surface area contributed by atoms with Crippen LogP contribution < -0.4 is 4.74 Å². The van der Waals surface area contributed by atoms with Gasteiger partial charge in [0, 0.05) is 49.5 Å². The van der Waals surface area contributed by atoms with Crippen molar-refractivity contribution in [2.75, 3.05) is 20.3 Å². The Morgan fingerprint density at radius 2 is 2.19 bits per heavy atom. The Bertz CT molecular complexity index is 813. The van der Waals surface area contributed by atoms with Crippen LogP contribution in [-0.4, -0.2) is 50.0 Å². The number of hydrogen-bond donors (Lipinski definition) is 2. The van der Waals surface area contributed by atoms with Gasteiger partial charge in [-0.1, -0.05) is 6.07 Å². The van der Waals surface area contributed by atoms with Crippen LogP contribution in [0.2, 0.25) is 0 Å². The molecule has 2 aromatic heterocycles. The summed E-state index contributed by atoms with van der Waals surface area (Å²) in [6, 6.07) is 8.11. The molecule has 0 aliphatic heterocycles. The zero-order valence-electron chi connectivity index (χ0n) is 15.2. The van der Waals surface area contributed by atoms with Gasteiger partial charge in [-0.15, -0.1) is 0 Å². The van der Waals surface area contributed by atoms with E-state index in [9.17, 15) is 5.11 Å². The molecule has 0 bridgehead atoms. The lowest BCUT2D eigenvalue weighted by atomic mass is 10.1. The molecule has 3 rings (SSSR count). The molecule has 2 heterocycles. The van der Waals surface area contributed by atoms with E-state index in [0.717, 1.165) is 34.9 Å². The number of nitrogens with one attached hydrogen (secondary N) is 1. The highest BCUT2D eigenvalue weighted by atomic mass is 16.5. The first-order valence-corrected chi connectivity index (χ1v) is 8.65. The average Bonchev–Trinajstić information content (AvgIpc) is 3.27. The molecule has 26 heavy (non-hydrogen) atoms. The van der Waals surface area contributed by atoms with Crippen LogP contribution in [0, 0.1) is 6.92 Å². The molecule has 0 fully saturated rings. The second kappa shape index (κ2) is 8.64. The summed E-state index contributed by atoms with van der Waals surface area (Å²) >= 11 is 0. The summed E-state index contributed by atoms with van der Waals surface area (Å²) in [5, 5.41) is 13.7. The van der Waals surface area contributed by atoms with Crippen molar-refractivity contribution in [3.63, 3.8) is 0 Å². The third-order valence-electron chi connectivity index (χ3n) is 4.21. The van der Waals surface area contributed by atoms with Gasteiger partial charge < -0.3 is 14.8 Å². The highest BCUT2D eigenvalue weighted by Gasteiger charge is 2.11. The van der Waals surface area contributed by atoms with E-state index < -0.39 is 0 Å². The van der Waals surface area contributed by atoms with Crippen LogP contribution >= 0.6 is 0 Å². The second-order valence-corrected chi connectivity index (χ2v) is 6.28. The molecule has 7 heteroatoms. The molecule has 1 aromatic carbocycles. The Morgan fingerprint density at radius 3 is 2.85 bits per heavy atom. The molecular formula is C19H25N5O2. The third kappa shape index (κ3) is 4.71. The molecule has 0 saturated heterocycles. The van der Waals surface area contributed by atoms with Crippen LogP contribution in [-0.2, 0) is 19.6 Å². The van der Waals surface area contributed by atoms with Gasteiger partial charge in [-0.05, 0) is 30.7 Å². The molecule has 0 aliphatic carbocycles. The number of methoxy groups -OCH3 is 1. The largest absolute Gasteiger partial charge is 0.496 e. The lowest BCUT2D eigenvalue weighted by Crippen LogP contribution is -2.26. The van der Waals surface area contributed by atoms with Crippen LogP contribution in [0.5, 0.6) is 5.75 Å². The van der Waals surface area contributed by atoms with Crippen LogP contribution in [0.15, 0.2) is 42.9 Å². The Labute approximate surface area is 153 Å². The fourth-order valence-electron chi connectivity index (χ4n) is 3.03. The van der Waals surface area contributed by atoms with Crippen LogP contribution in [0.4, 0.5) is 0 Å². The maximum Gasteiger partial charge on any atom is 0.123 e. The number of aryl methyl sites for hydroxylation is 1. The number of rotatable bonds is 9. The van der Waals surface area contributed by atoms with Crippen molar-refractivity contribution in [2.45, 2.75) is 26.6 Å². The molecular weight excluding hydrogens is 330 g/mol. The number of hydrogen-bond acceptors (Lipinski definition) is 5. The minimum Gasteiger partial charge on any atom is -0.496 e. The van der Waals surface area contributed by atoms with E-state index in [2.05, 4.69) is 32.1 Å². The Hall–Kier alpha value is -2.64. The monoisotopic (exact) mass is 355 g/mol. The highest BCUT2D eigenvalue weighted by molar-refractivity contribution is 5.37. The van der Waals surface area contributed by atoms with Gasteiger partial charge in [0.1, 0.15) is 11.6 Å². The predicted octanol–water partition coefficient (Wildman–Crippen LogP) is 1.97. The van der Waals surface area contributed by atoms with Gasteiger partial charge in [-0.25, -0.2) is 4.98 Å². The summed E-state index contributed by atoms with van der Waals surface area (Å²) in [5.74, 6) is 1.75. The first-order chi connectivity index (χ1) is 12.7. The number of benzene rings is 1. The number of aliphatic hydroxyl groups excluding tert-OH is 1. The number of aromatic amines is 1. The van der Waals surface area contributed by atoms with E-state index in [4.69, 9.17) is 4.74 Å². The van der Waals surface area contributed by atoms with Gasteiger partial charge in [0.15, 0.2) is 0 Å². The van der Waals surface area contributed by atoms with E-state index in [0.29, 0.717) is 19.6 Å². The molecule has 0 saturated carbocycles. The average molecular weight is 355 g/mol. The first kappa shape index (κ1) is 18.2. The molecule has 0 amide bonds. The van der Waals surface area contributed by atoms with Crippen molar-refractivity contribution in [3.8, 4) is 5.75 Å². The summed E-state index contributed by atoms with van der Waals surface area (Å²) in [5.41, 5.74) is 3.29. The fraction of sp³-hybridized carbons (Fsp3) is 0.368. The minimum absolute atomic E-state index is 0.115. The van der Waals surface area contributed by atoms with E-state index in [1.54, 1.807) is 13.3 Å². The van der Waals surface area contributed by atoms with Crippen LogP contribution in [0.25, 0.3) is 0 Å². The highest BCUT2D eigenvalue weighted by Crippen LogP contribution is 2.22. The predicted molar refractivity (Wildman–Crippen MR) is 98.8 cm³/mol. The van der Waals surface area contributed by atoms with Crippen molar-refractivity contribution in [3.05, 3.63) is 65.5 Å². The normalized spacial score (nSPS) is 11.2. The summed E-state index contributed by atoms with van der Waals surface area (Å²) < 4.78 is 7.37. The third-order valence-corrected chi connectivity index (χ3v) is 4.21. The number of imidazole rings is 1. The first-order valence-electron chi connectivity index (χ1n) is 8.65. The molecule has 3 aromatic rings. The zero-order valence-corrected chi connectivity index (χ0v) is 15.2. The van der Waals surface area contributed by atoms with Crippen molar-refractivity contribution in [2.24, 2.45) is 0 Å². The lowest BCUT2D eigenvalue weighted by Gasteiger charge is -2.21. The van der Waals surface area contributed by atoms with E-state index >= 15 is 0 Å². The molecule has 0 unspecified atom stereocenters. The fourth-order valence-corrected chi connectivity index (χ4v) is 3.03. The van der Waals surface area contributed by atoms with Gasteiger partial charge in [-0.2, -0.15) is 5.10 Å². The van der Waals surface area contributed by atoms with Crippen molar-refractivity contribution < 1.29 is 9.84 Å². The van der Waals surface area contributed by atoms with E-state index in [-0.39, 0.29) is 6.61 Å². The molecule has 2 N–H and O–H groups in total. The molecule has 138 valence electrons. The number of ether oxygens (including phenoxy) is 1. The summed E-state index contributed by atoms with van der Waals surface area (Å²) in [6.45, 7) is 4.74. The lowest BCUT2D eigenvalue weighted by molar-refractivity contribution is 0.183. The SMILES string of the molecule is COc1ccc(CN(CCO)Cc2cnc(C)[nH]2)cc1Cn1cccn1. The summed E-state index contributed by atoms with van der Waals surface area (Å²) in [4.78, 5) is 9.68.